The number of amides is 2. The average molecular weight is 480 g/mol. The van der Waals surface area contributed by atoms with Crippen LogP contribution in [0.25, 0.3) is 11.0 Å². The number of aryl methyl sites for hydroxylation is 1. The van der Waals surface area contributed by atoms with Gasteiger partial charge in [0.1, 0.15) is 5.75 Å². The Bertz CT molecular complexity index is 1270. The third-order valence-electron chi connectivity index (χ3n) is 6.77. The average Bonchev–Trinajstić information content (AvgIpc) is 3.21. The quantitative estimate of drug-likeness (QED) is 0.369. The molecule has 186 valence electrons. The number of anilines is 1. The second-order valence-electron chi connectivity index (χ2n) is 9.08. The molecule has 3 aromatic rings. The van der Waals surface area contributed by atoms with Crippen LogP contribution in [0.2, 0.25) is 0 Å². The Morgan fingerprint density at radius 2 is 1.94 bits per heavy atom. The maximum atomic E-state index is 12.9. The predicted molar refractivity (Wildman–Crippen MR) is 136 cm³/mol. The molecule has 4 rings (SSSR count). The van der Waals surface area contributed by atoms with Gasteiger partial charge in [0.2, 0.25) is 5.91 Å². The molecule has 0 radical (unpaired) electrons. The lowest BCUT2D eigenvalue weighted by Crippen LogP contribution is -2.31. The van der Waals surface area contributed by atoms with Gasteiger partial charge in [-0.15, -0.1) is 0 Å². The van der Waals surface area contributed by atoms with Crippen LogP contribution in [0, 0.1) is 12.8 Å². The van der Waals surface area contributed by atoms with Gasteiger partial charge < -0.3 is 26.1 Å². The van der Waals surface area contributed by atoms with E-state index >= 15 is 0 Å². The summed E-state index contributed by atoms with van der Waals surface area (Å²) in [5.74, 6) is 0.364. The van der Waals surface area contributed by atoms with E-state index in [1.54, 1.807) is 23.8 Å². The van der Waals surface area contributed by atoms with E-state index in [4.69, 9.17) is 10.5 Å². The summed E-state index contributed by atoms with van der Waals surface area (Å²) in [6.07, 6.45) is 3.45. The van der Waals surface area contributed by atoms with E-state index in [-0.39, 0.29) is 29.5 Å². The van der Waals surface area contributed by atoms with Gasteiger partial charge in [0, 0.05) is 30.3 Å². The number of hydrogen-bond acceptors (Lipinski definition) is 5. The van der Waals surface area contributed by atoms with Gasteiger partial charge in [-0.05, 0) is 69.3 Å². The van der Waals surface area contributed by atoms with E-state index in [1.165, 1.54) is 0 Å². The molecule has 0 bridgehead atoms. The van der Waals surface area contributed by atoms with Crippen LogP contribution in [0.3, 0.4) is 0 Å². The van der Waals surface area contributed by atoms with Crippen molar-refractivity contribution in [3.05, 3.63) is 58.0 Å². The zero-order chi connectivity index (χ0) is 24.9. The zero-order valence-electron chi connectivity index (χ0n) is 20.2. The number of H-pyrrole nitrogens is 1. The van der Waals surface area contributed by atoms with Crippen molar-refractivity contribution in [3.8, 4) is 5.75 Å². The molecule has 1 aliphatic carbocycles. The zero-order valence-corrected chi connectivity index (χ0v) is 20.2. The topological polar surface area (TPSA) is 131 Å². The lowest BCUT2D eigenvalue weighted by atomic mass is 9.85. The van der Waals surface area contributed by atoms with Gasteiger partial charge in [0.15, 0.2) is 0 Å². The minimum atomic E-state index is -0.234. The number of benzene rings is 2. The molecule has 9 heteroatoms. The summed E-state index contributed by atoms with van der Waals surface area (Å²) in [5.41, 5.74) is 8.67. The Morgan fingerprint density at radius 1 is 1.17 bits per heavy atom. The molecule has 0 aliphatic heterocycles. The number of fused-ring (bicyclic) bond motifs is 1. The van der Waals surface area contributed by atoms with Crippen LogP contribution in [-0.4, -0.2) is 41.6 Å². The summed E-state index contributed by atoms with van der Waals surface area (Å²) in [5, 5.41) is 5.85. The van der Waals surface area contributed by atoms with Crippen molar-refractivity contribution in [3.63, 3.8) is 0 Å². The van der Waals surface area contributed by atoms with Crippen molar-refractivity contribution in [2.45, 2.75) is 45.1 Å². The van der Waals surface area contributed by atoms with Gasteiger partial charge in [0.25, 0.3) is 5.91 Å². The molecule has 2 aromatic carbocycles. The van der Waals surface area contributed by atoms with Gasteiger partial charge >= 0.3 is 5.69 Å². The summed E-state index contributed by atoms with van der Waals surface area (Å²) < 4.78 is 7.09. The van der Waals surface area contributed by atoms with Crippen molar-refractivity contribution in [2.75, 3.05) is 25.5 Å². The van der Waals surface area contributed by atoms with Crippen LogP contribution >= 0.6 is 0 Å². The second-order valence-corrected chi connectivity index (χ2v) is 9.08. The van der Waals surface area contributed by atoms with Crippen LogP contribution in [0.4, 0.5) is 5.69 Å². The third kappa shape index (κ3) is 5.24. The number of ether oxygens (including phenoxy) is 1. The van der Waals surface area contributed by atoms with Gasteiger partial charge in [0.05, 0.1) is 23.7 Å². The molecule has 1 saturated carbocycles. The van der Waals surface area contributed by atoms with Crippen molar-refractivity contribution in [1.82, 2.24) is 14.9 Å². The van der Waals surface area contributed by atoms with E-state index in [0.29, 0.717) is 67.5 Å². The number of nitrogens with one attached hydrogen (secondary N) is 3. The smallest absolute Gasteiger partial charge is 0.326 e. The fraction of sp³-hybridized carbons (Fsp3) is 0.423. The van der Waals surface area contributed by atoms with Gasteiger partial charge in [-0.25, -0.2) is 4.79 Å². The molecule has 1 fully saturated rings. The van der Waals surface area contributed by atoms with Crippen LogP contribution in [0.15, 0.2) is 41.2 Å². The molecule has 1 aromatic heterocycles. The number of carbonyl (C=O) groups excluding carboxylic acids is 2. The maximum absolute atomic E-state index is 12.9. The fourth-order valence-corrected chi connectivity index (χ4v) is 4.84. The Hall–Kier alpha value is -3.59. The van der Waals surface area contributed by atoms with E-state index in [1.807, 2.05) is 31.2 Å². The minimum absolute atomic E-state index is 0.0166. The molecule has 9 nitrogen and oxygen atoms in total. The number of methoxy groups -OCH3 is 1. The lowest BCUT2D eigenvalue weighted by molar-refractivity contribution is -0.121. The van der Waals surface area contributed by atoms with Crippen molar-refractivity contribution in [1.29, 1.82) is 0 Å². The van der Waals surface area contributed by atoms with Crippen molar-refractivity contribution in [2.24, 2.45) is 11.7 Å². The summed E-state index contributed by atoms with van der Waals surface area (Å²) in [7, 11) is 1.61. The Labute approximate surface area is 204 Å². The van der Waals surface area contributed by atoms with Gasteiger partial charge in [-0.2, -0.15) is 0 Å². The van der Waals surface area contributed by atoms with Crippen molar-refractivity contribution < 1.29 is 14.3 Å². The van der Waals surface area contributed by atoms with Gasteiger partial charge in [-0.3, -0.25) is 14.2 Å². The standard InChI is InChI=1S/C26H33N5O4/c1-16-7-10-18(15-22(16)35-2)29-24(32)17-8-11-19(12-9-17)31-21-6-3-5-20(23(21)30-26(31)34)25(33)28-14-4-13-27/h3,5-7,10,15,17,19H,4,8-9,11-14,27H2,1-2H3,(H,28,33)(H,29,32)(H,30,34)/t17-,19+. The fourth-order valence-electron chi connectivity index (χ4n) is 4.84. The van der Waals surface area contributed by atoms with E-state index in [2.05, 4.69) is 15.6 Å². The summed E-state index contributed by atoms with van der Waals surface area (Å²) in [6, 6.07) is 10.9. The molecule has 0 saturated heterocycles. The lowest BCUT2D eigenvalue weighted by Gasteiger charge is -2.28. The largest absolute Gasteiger partial charge is 0.496 e. The summed E-state index contributed by atoms with van der Waals surface area (Å²) in [6.45, 7) is 2.94. The second kappa shape index (κ2) is 10.8. The molecule has 5 N–H and O–H groups in total. The van der Waals surface area contributed by atoms with E-state index < -0.39 is 0 Å². The Morgan fingerprint density at radius 3 is 2.66 bits per heavy atom. The summed E-state index contributed by atoms with van der Waals surface area (Å²) >= 11 is 0. The summed E-state index contributed by atoms with van der Waals surface area (Å²) in [4.78, 5) is 41.3. The highest BCUT2D eigenvalue weighted by Crippen LogP contribution is 2.34. The first-order valence-electron chi connectivity index (χ1n) is 12.1. The van der Waals surface area contributed by atoms with Crippen LogP contribution < -0.4 is 26.8 Å². The predicted octanol–water partition coefficient (Wildman–Crippen LogP) is 3.10. The van der Waals surface area contributed by atoms with Crippen LogP contribution in [-0.2, 0) is 4.79 Å². The Kier molecular flexibility index (Phi) is 7.55. The maximum Gasteiger partial charge on any atom is 0.326 e. The highest BCUT2D eigenvalue weighted by molar-refractivity contribution is 6.04. The number of rotatable bonds is 8. The number of carbonyl (C=O) groups is 2. The molecule has 1 heterocycles. The number of aromatic nitrogens is 2. The number of imidazole rings is 1. The molecular formula is C26H33N5O4. The first-order chi connectivity index (χ1) is 16.9. The first kappa shape index (κ1) is 24.5. The normalized spacial score (nSPS) is 17.8. The molecular weight excluding hydrogens is 446 g/mol. The van der Waals surface area contributed by atoms with Crippen LogP contribution in [0.1, 0.15) is 54.1 Å². The number of aromatic amines is 1. The SMILES string of the molecule is COc1cc(NC(=O)[C@H]2CC[C@@H](n3c(=O)[nH]c4c(C(=O)NCCCN)cccc43)CC2)ccc1C. The highest BCUT2D eigenvalue weighted by atomic mass is 16.5. The highest BCUT2D eigenvalue weighted by Gasteiger charge is 2.29. The molecule has 0 atom stereocenters. The van der Waals surface area contributed by atoms with E-state index in [0.717, 1.165) is 11.3 Å². The van der Waals surface area contributed by atoms with Crippen molar-refractivity contribution >= 4 is 28.5 Å². The number of nitrogens with two attached hydrogens (primary N) is 1. The first-order valence-corrected chi connectivity index (χ1v) is 12.1. The molecule has 1 aliphatic rings. The number of para-hydroxylation sites is 1. The molecule has 2 amide bonds. The Balaban J connectivity index is 1.45. The number of hydrogen-bond donors (Lipinski definition) is 4. The number of nitrogens with zero attached hydrogens (tertiary/aromatic N) is 1. The molecule has 0 spiro atoms. The monoisotopic (exact) mass is 479 g/mol. The van der Waals surface area contributed by atoms with Crippen LogP contribution in [0.5, 0.6) is 5.75 Å². The van der Waals surface area contributed by atoms with E-state index in [9.17, 15) is 14.4 Å². The van der Waals surface area contributed by atoms with Gasteiger partial charge in [-0.1, -0.05) is 12.1 Å². The minimum Gasteiger partial charge on any atom is -0.496 e. The third-order valence-corrected chi connectivity index (χ3v) is 6.77. The molecule has 0 unspecified atom stereocenters. The molecule has 35 heavy (non-hydrogen) atoms.